The van der Waals surface area contributed by atoms with Crippen molar-refractivity contribution in [3.63, 3.8) is 0 Å². The largest absolute Gasteiger partial charge is 0.593 e. The van der Waals surface area contributed by atoms with Crippen molar-refractivity contribution in [3.8, 4) is 11.5 Å². The molecule has 13 nitrogen and oxygen atoms in total. The van der Waals surface area contributed by atoms with Crippen LogP contribution in [0.15, 0.2) is 79.0 Å². The van der Waals surface area contributed by atoms with E-state index in [4.69, 9.17) is 9.47 Å². The molecule has 2 N–H and O–H groups in total. The minimum atomic E-state index is -1.26. The highest BCUT2D eigenvalue weighted by molar-refractivity contribution is 7.91. The molecule has 55 heavy (non-hydrogen) atoms. The van der Waals surface area contributed by atoms with Crippen molar-refractivity contribution < 1.29 is 33.2 Å². The Bertz CT molecular complexity index is 1930. The van der Waals surface area contributed by atoms with Gasteiger partial charge < -0.3 is 29.0 Å². The van der Waals surface area contributed by atoms with E-state index >= 15 is 0 Å². The van der Waals surface area contributed by atoms with Crippen LogP contribution in [0.1, 0.15) is 72.3 Å². The van der Waals surface area contributed by atoms with Crippen molar-refractivity contribution in [2.75, 3.05) is 36.0 Å². The Balaban J connectivity index is 1.16. The third kappa shape index (κ3) is 10.2. The predicted molar refractivity (Wildman–Crippen MR) is 211 cm³/mol. The van der Waals surface area contributed by atoms with Crippen molar-refractivity contribution in [3.05, 3.63) is 107 Å². The zero-order valence-electron chi connectivity index (χ0n) is 31.8. The van der Waals surface area contributed by atoms with Gasteiger partial charge in [0.05, 0.1) is 17.1 Å². The molecule has 3 aromatic carbocycles. The van der Waals surface area contributed by atoms with Gasteiger partial charge >= 0.3 is 0 Å². The molecular formula is C41H48N6O7S. The normalized spacial score (nSPS) is 14.3. The number of amides is 3. The summed E-state index contributed by atoms with van der Waals surface area (Å²) in [6, 6.07) is 22.3. The van der Waals surface area contributed by atoms with Gasteiger partial charge in [0.2, 0.25) is 12.3 Å². The monoisotopic (exact) mass is 768 g/mol. The quantitative estimate of drug-likeness (QED) is 0.108. The van der Waals surface area contributed by atoms with Crippen LogP contribution < -0.4 is 24.4 Å². The van der Waals surface area contributed by atoms with E-state index < -0.39 is 29.2 Å². The highest BCUT2D eigenvalue weighted by atomic mass is 32.2. The summed E-state index contributed by atoms with van der Waals surface area (Å²) in [5.41, 5.74) is 4.59. The molecular weight excluding hydrogens is 721 g/mol. The molecule has 4 aromatic rings. The number of hydrogen-bond donors (Lipinski definition) is 2. The molecule has 2 heterocycles. The van der Waals surface area contributed by atoms with Crippen LogP contribution in [0.5, 0.6) is 11.5 Å². The molecule has 290 valence electrons. The first kappa shape index (κ1) is 40.7. The van der Waals surface area contributed by atoms with Gasteiger partial charge in [0, 0.05) is 62.3 Å². The SMILES string of the molecule is CNC(=O)C(CCC=O)N(C=O)C(=O)c1cccc(N2CCC(Oc3ccc(C(C)(C)c4ccc(OCc5ccnc(N[S+](C)[O-])n5)cc4)cc3)CC2)c1C. The molecule has 14 heteroatoms. The Morgan fingerprint density at radius 3 is 2.27 bits per heavy atom. The molecule has 1 saturated heterocycles. The average Bonchev–Trinajstić information content (AvgIpc) is 3.19. The molecule has 3 amide bonds. The molecule has 1 aliphatic rings. The maximum absolute atomic E-state index is 13.6. The molecule has 1 fully saturated rings. The van der Waals surface area contributed by atoms with E-state index in [-0.39, 0.29) is 31.0 Å². The number of nitrogens with one attached hydrogen (secondary N) is 2. The van der Waals surface area contributed by atoms with Gasteiger partial charge in [-0.2, -0.15) is 4.72 Å². The number of benzene rings is 3. The number of carbonyl (C=O) groups is 4. The number of likely N-dealkylation sites (N-methyl/N-ethyl adjacent to an activating group) is 1. The molecule has 0 saturated carbocycles. The molecule has 0 radical (unpaired) electrons. The van der Waals surface area contributed by atoms with Crippen molar-refractivity contribution in [2.45, 2.75) is 70.6 Å². The summed E-state index contributed by atoms with van der Waals surface area (Å²) in [6.45, 7) is 7.87. The number of carbonyl (C=O) groups excluding carboxylic acids is 4. The van der Waals surface area contributed by atoms with Crippen molar-refractivity contribution in [1.29, 1.82) is 0 Å². The Morgan fingerprint density at radius 2 is 1.67 bits per heavy atom. The molecule has 2 unspecified atom stereocenters. The van der Waals surface area contributed by atoms with Gasteiger partial charge in [0.25, 0.3) is 11.9 Å². The number of anilines is 2. The maximum Gasteiger partial charge on any atom is 0.265 e. The van der Waals surface area contributed by atoms with Crippen LogP contribution in [0.25, 0.3) is 0 Å². The van der Waals surface area contributed by atoms with E-state index in [2.05, 4.69) is 63.0 Å². The van der Waals surface area contributed by atoms with Crippen LogP contribution in [-0.2, 0) is 37.8 Å². The Kier molecular flexibility index (Phi) is 13.9. The fourth-order valence-corrected chi connectivity index (χ4v) is 7.05. The Labute approximate surface area is 325 Å². The van der Waals surface area contributed by atoms with E-state index in [1.54, 1.807) is 24.4 Å². The van der Waals surface area contributed by atoms with Gasteiger partial charge in [-0.3, -0.25) is 19.3 Å². The first-order valence-corrected chi connectivity index (χ1v) is 19.7. The molecule has 2 atom stereocenters. The third-order valence-electron chi connectivity index (χ3n) is 9.90. The summed E-state index contributed by atoms with van der Waals surface area (Å²) in [4.78, 5) is 60.6. The molecule has 0 spiro atoms. The lowest BCUT2D eigenvalue weighted by Crippen LogP contribution is -2.48. The van der Waals surface area contributed by atoms with E-state index in [0.717, 1.165) is 40.3 Å². The summed E-state index contributed by atoms with van der Waals surface area (Å²) in [6.07, 6.45) is 5.80. The number of imide groups is 1. The first-order valence-electron chi connectivity index (χ1n) is 18.2. The fraction of sp³-hybridized carbons (Fsp3) is 0.366. The molecule has 0 bridgehead atoms. The molecule has 1 aliphatic heterocycles. The highest BCUT2D eigenvalue weighted by Crippen LogP contribution is 2.34. The Morgan fingerprint density at radius 1 is 1.02 bits per heavy atom. The Hall–Kier alpha value is -5.47. The second-order valence-electron chi connectivity index (χ2n) is 13.8. The summed E-state index contributed by atoms with van der Waals surface area (Å²) < 4.78 is 26.5. The van der Waals surface area contributed by atoms with Gasteiger partial charge in [-0.05, 0) is 72.5 Å². The van der Waals surface area contributed by atoms with Crippen LogP contribution in [0.4, 0.5) is 11.6 Å². The summed E-state index contributed by atoms with van der Waals surface area (Å²) in [5, 5.41) is 2.48. The number of nitrogens with zero attached hydrogens (tertiary/aromatic N) is 4. The average molecular weight is 769 g/mol. The zero-order chi connectivity index (χ0) is 39.5. The number of rotatable bonds is 17. The number of aromatic nitrogens is 2. The standard InChI is InChI=1S/C41H48N6O7S/c1-28-35(39(51)47(27-49)37(10-7-25-48)38(50)42-4)8-6-9-36(28)46-23-20-34(21-24-46)54-33-17-13-30(14-18-33)41(2,3)29-11-15-32(16-12-29)53-26-31-19-22-43-40(44-31)45-55(5)52/h6,8-9,11-19,22,25,27,34,37H,7,10,20-21,23-24,26H2,1-5H3,(H,42,50)(H,43,44,45). The molecule has 0 aliphatic carbocycles. The lowest BCUT2D eigenvalue weighted by Gasteiger charge is -2.35. The van der Waals surface area contributed by atoms with Gasteiger partial charge in [0.1, 0.15) is 42.8 Å². The van der Waals surface area contributed by atoms with Crippen molar-refractivity contribution in [1.82, 2.24) is 20.2 Å². The summed E-state index contributed by atoms with van der Waals surface area (Å²) >= 11 is -1.26. The van der Waals surface area contributed by atoms with Crippen molar-refractivity contribution in [2.24, 2.45) is 0 Å². The first-order chi connectivity index (χ1) is 26.4. The van der Waals surface area contributed by atoms with Gasteiger partial charge in [-0.15, -0.1) is 0 Å². The zero-order valence-corrected chi connectivity index (χ0v) is 32.6. The fourth-order valence-electron chi connectivity index (χ4n) is 6.69. The van der Waals surface area contributed by atoms with Gasteiger partial charge in [-0.25, -0.2) is 9.97 Å². The second-order valence-corrected chi connectivity index (χ2v) is 14.9. The van der Waals surface area contributed by atoms with E-state index in [1.807, 2.05) is 37.3 Å². The smallest absolute Gasteiger partial charge is 0.265 e. The van der Waals surface area contributed by atoms with E-state index in [1.165, 1.54) is 13.3 Å². The highest BCUT2D eigenvalue weighted by Gasteiger charge is 2.31. The van der Waals surface area contributed by atoms with Crippen LogP contribution >= 0.6 is 0 Å². The molecule has 1 aromatic heterocycles. The van der Waals surface area contributed by atoms with E-state index in [0.29, 0.717) is 54.3 Å². The van der Waals surface area contributed by atoms with E-state index in [9.17, 15) is 23.7 Å². The molecule has 5 rings (SSSR count). The number of aldehydes is 1. The van der Waals surface area contributed by atoms with Gasteiger partial charge in [0.15, 0.2) is 0 Å². The third-order valence-corrected chi connectivity index (χ3v) is 10.4. The predicted octanol–water partition coefficient (Wildman–Crippen LogP) is 5.14. The minimum absolute atomic E-state index is 0.0188. The van der Waals surface area contributed by atoms with Crippen LogP contribution in [-0.4, -0.2) is 82.5 Å². The minimum Gasteiger partial charge on any atom is -0.593 e. The number of hydrogen-bond acceptors (Lipinski definition) is 11. The lowest BCUT2D eigenvalue weighted by atomic mass is 9.78. The van der Waals surface area contributed by atoms with Crippen LogP contribution in [0, 0.1) is 6.92 Å². The van der Waals surface area contributed by atoms with Crippen LogP contribution in [0.3, 0.4) is 0 Å². The lowest BCUT2D eigenvalue weighted by molar-refractivity contribution is -0.131. The number of piperidine rings is 1. The van der Waals surface area contributed by atoms with Crippen molar-refractivity contribution >= 4 is 47.5 Å². The number of ether oxygens (including phenoxy) is 2. The van der Waals surface area contributed by atoms with Crippen LogP contribution in [0.2, 0.25) is 0 Å². The van der Waals surface area contributed by atoms with Gasteiger partial charge in [-0.1, -0.05) is 44.2 Å². The maximum atomic E-state index is 13.6. The second kappa shape index (κ2) is 18.7. The summed E-state index contributed by atoms with van der Waals surface area (Å²) in [5.74, 6) is 0.708. The topological polar surface area (TPSA) is 166 Å². The summed E-state index contributed by atoms with van der Waals surface area (Å²) in [7, 11) is 1.43.